The van der Waals surface area contributed by atoms with Crippen molar-refractivity contribution in [1.82, 2.24) is 9.97 Å². The first-order chi connectivity index (χ1) is 8.29. The first-order valence-electron chi connectivity index (χ1n) is 6.09. The molecule has 1 aliphatic heterocycles. The van der Waals surface area contributed by atoms with Gasteiger partial charge in [0.05, 0.1) is 7.11 Å². The van der Waals surface area contributed by atoms with Gasteiger partial charge in [-0.05, 0) is 24.7 Å². The molecule has 17 heavy (non-hydrogen) atoms. The Balaban J connectivity index is 1.88. The zero-order valence-electron chi connectivity index (χ0n) is 9.90. The minimum atomic E-state index is 0.398. The summed E-state index contributed by atoms with van der Waals surface area (Å²) < 4.78 is 5.31. The number of fused-ring (bicyclic) bond motifs is 1. The lowest BCUT2D eigenvalue weighted by Crippen LogP contribution is -2.22. The van der Waals surface area contributed by atoms with Crippen LogP contribution in [0.3, 0.4) is 0 Å². The quantitative estimate of drug-likeness (QED) is 0.759. The molecule has 1 aromatic heterocycles. The highest BCUT2D eigenvalue weighted by molar-refractivity contribution is 6.31. The number of ether oxygens (including phenoxy) is 1. The third-order valence-electron chi connectivity index (χ3n) is 3.97. The van der Waals surface area contributed by atoms with E-state index in [1.54, 1.807) is 7.11 Å². The van der Waals surface area contributed by atoms with E-state index >= 15 is 0 Å². The number of rotatable bonds is 2. The minimum Gasteiger partial charge on any atom is -0.490 e. The lowest BCUT2D eigenvalue weighted by atomic mass is 10.0. The third-order valence-corrected chi connectivity index (χ3v) is 4.24. The van der Waals surface area contributed by atoms with Crippen molar-refractivity contribution in [2.24, 2.45) is 11.8 Å². The monoisotopic (exact) mass is 253 g/mol. The molecule has 0 radical (unpaired) electrons. The number of aromatic nitrogens is 2. The Hall–Kier alpha value is -1.03. The van der Waals surface area contributed by atoms with Gasteiger partial charge in [-0.3, -0.25) is 0 Å². The number of methoxy groups -OCH3 is 1. The largest absolute Gasteiger partial charge is 0.490 e. The normalized spacial score (nSPS) is 27.3. The molecular weight excluding hydrogens is 238 g/mol. The van der Waals surface area contributed by atoms with Crippen LogP contribution in [0.1, 0.15) is 19.3 Å². The predicted molar refractivity (Wildman–Crippen MR) is 66.6 cm³/mol. The van der Waals surface area contributed by atoms with Gasteiger partial charge in [0.25, 0.3) is 0 Å². The molecule has 1 saturated heterocycles. The molecule has 4 nitrogen and oxygen atoms in total. The fourth-order valence-electron chi connectivity index (χ4n) is 3.15. The number of halogens is 1. The second-order valence-electron chi connectivity index (χ2n) is 4.88. The average Bonchev–Trinajstić information content (AvgIpc) is 2.88. The third kappa shape index (κ3) is 1.84. The topological polar surface area (TPSA) is 38.3 Å². The summed E-state index contributed by atoms with van der Waals surface area (Å²) in [4.78, 5) is 10.6. The Kier molecular flexibility index (Phi) is 2.82. The maximum atomic E-state index is 6.03. The van der Waals surface area contributed by atoms with Crippen LogP contribution in [0.2, 0.25) is 5.15 Å². The molecule has 5 heteroatoms. The number of nitrogens with zero attached hydrogens (tertiary/aromatic N) is 3. The fraction of sp³-hybridized carbons (Fsp3) is 0.667. The zero-order valence-corrected chi connectivity index (χ0v) is 10.7. The second kappa shape index (κ2) is 4.33. The molecule has 2 atom stereocenters. The van der Waals surface area contributed by atoms with Gasteiger partial charge < -0.3 is 9.64 Å². The molecule has 0 spiro atoms. The lowest BCUT2D eigenvalue weighted by molar-refractivity contribution is 0.410. The standard InChI is InChI=1S/C12H16ClN3O/c1-17-10-11(13)14-7-15-12(10)16-5-8-3-2-4-9(8)6-16/h7-9H,2-6H2,1H3. The van der Waals surface area contributed by atoms with E-state index in [0.717, 1.165) is 30.7 Å². The van der Waals surface area contributed by atoms with E-state index in [1.165, 1.54) is 25.6 Å². The van der Waals surface area contributed by atoms with E-state index in [1.807, 2.05) is 0 Å². The fourth-order valence-corrected chi connectivity index (χ4v) is 3.36. The van der Waals surface area contributed by atoms with Crippen molar-refractivity contribution in [2.75, 3.05) is 25.1 Å². The molecule has 2 heterocycles. The van der Waals surface area contributed by atoms with Crippen LogP contribution in [0.15, 0.2) is 6.33 Å². The second-order valence-corrected chi connectivity index (χ2v) is 5.24. The molecule has 2 fully saturated rings. The SMILES string of the molecule is COc1c(Cl)ncnc1N1CC2CCCC2C1. The van der Waals surface area contributed by atoms with E-state index in [9.17, 15) is 0 Å². The molecule has 0 bridgehead atoms. The van der Waals surface area contributed by atoms with Crippen molar-refractivity contribution in [3.05, 3.63) is 11.5 Å². The van der Waals surface area contributed by atoms with Crippen LogP contribution in [0.4, 0.5) is 5.82 Å². The average molecular weight is 254 g/mol. The van der Waals surface area contributed by atoms with Crippen LogP contribution >= 0.6 is 11.6 Å². The van der Waals surface area contributed by atoms with Gasteiger partial charge in [-0.15, -0.1) is 0 Å². The van der Waals surface area contributed by atoms with Gasteiger partial charge in [0.1, 0.15) is 6.33 Å². The highest BCUT2D eigenvalue weighted by atomic mass is 35.5. The summed E-state index contributed by atoms with van der Waals surface area (Å²) in [7, 11) is 1.62. The van der Waals surface area contributed by atoms with Crippen molar-refractivity contribution in [2.45, 2.75) is 19.3 Å². The summed E-state index contributed by atoms with van der Waals surface area (Å²) in [6.45, 7) is 2.16. The van der Waals surface area contributed by atoms with Crippen molar-refractivity contribution in [3.8, 4) is 5.75 Å². The number of anilines is 1. The Bertz CT molecular complexity index is 414. The summed E-state index contributed by atoms with van der Waals surface area (Å²) in [5.41, 5.74) is 0. The molecule has 0 aromatic carbocycles. The number of hydrogen-bond acceptors (Lipinski definition) is 4. The predicted octanol–water partition coefficient (Wildman–Crippen LogP) is 2.37. The van der Waals surface area contributed by atoms with Crippen LogP contribution in [0.5, 0.6) is 5.75 Å². The molecule has 1 aromatic rings. The maximum absolute atomic E-state index is 6.03. The van der Waals surface area contributed by atoms with Gasteiger partial charge in [0.15, 0.2) is 16.7 Å². The van der Waals surface area contributed by atoms with Crippen LogP contribution < -0.4 is 9.64 Å². The van der Waals surface area contributed by atoms with Gasteiger partial charge >= 0.3 is 0 Å². The van der Waals surface area contributed by atoms with Crippen LogP contribution in [-0.4, -0.2) is 30.2 Å². The van der Waals surface area contributed by atoms with Crippen LogP contribution in [-0.2, 0) is 0 Å². The summed E-state index contributed by atoms with van der Waals surface area (Å²) in [5, 5.41) is 0.398. The Morgan fingerprint density at radius 3 is 2.65 bits per heavy atom. The highest BCUT2D eigenvalue weighted by Gasteiger charge is 2.37. The molecule has 2 aliphatic rings. The summed E-state index contributed by atoms with van der Waals surface area (Å²) in [6, 6.07) is 0. The Labute approximate surface area is 106 Å². The molecular formula is C12H16ClN3O. The van der Waals surface area contributed by atoms with E-state index in [4.69, 9.17) is 16.3 Å². The van der Waals surface area contributed by atoms with Gasteiger partial charge in [-0.25, -0.2) is 9.97 Å². The summed E-state index contributed by atoms with van der Waals surface area (Å²) in [5.74, 6) is 3.11. The molecule has 2 unspecified atom stereocenters. The van der Waals surface area contributed by atoms with Crippen molar-refractivity contribution < 1.29 is 4.74 Å². The van der Waals surface area contributed by atoms with Crippen molar-refractivity contribution in [3.63, 3.8) is 0 Å². The summed E-state index contributed by atoms with van der Waals surface area (Å²) >= 11 is 6.03. The Morgan fingerprint density at radius 2 is 2.00 bits per heavy atom. The van der Waals surface area contributed by atoms with Gasteiger partial charge in [-0.1, -0.05) is 18.0 Å². The molecule has 92 valence electrons. The first kappa shape index (κ1) is 11.1. The van der Waals surface area contributed by atoms with E-state index in [2.05, 4.69) is 14.9 Å². The number of hydrogen-bond donors (Lipinski definition) is 0. The maximum Gasteiger partial charge on any atom is 0.199 e. The molecule has 0 N–H and O–H groups in total. The van der Waals surface area contributed by atoms with E-state index in [0.29, 0.717) is 10.9 Å². The smallest absolute Gasteiger partial charge is 0.199 e. The van der Waals surface area contributed by atoms with Crippen LogP contribution in [0.25, 0.3) is 0 Å². The van der Waals surface area contributed by atoms with E-state index in [-0.39, 0.29) is 0 Å². The first-order valence-corrected chi connectivity index (χ1v) is 6.47. The van der Waals surface area contributed by atoms with E-state index < -0.39 is 0 Å². The highest BCUT2D eigenvalue weighted by Crippen LogP contribution is 2.42. The van der Waals surface area contributed by atoms with Crippen molar-refractivity contribution >= 4 is 17.4 Å². The van der Waals surface area contributed by atoms with Crippen molar-refractivity contribution in [1.29, 1.82) is 0 Å². The minimum absolute atomic E-state index is 0.398. The summed E-state index contributed by atoms with van der Waals surface area (Å²) in [6.07, 6.45) is 5.59. The molecule has 3 rings (SSSR count). The zero-order chi connectivity index (χ0) is 11.8. The molecule has 0 amide bonds. The van der Waals surface area contributed by atoms with Gasteiger partial charge in [0, 0.05) is 13.1 Å². The Morgan fingerprint density at radius 1 is 1.29 bits per heavy atom. The molecule has 1 saturated carbocycles. The van der Waals surface area contributed by atoms with Gasteiger partial charge in [-0.2, -0.15) is 0 Å². The lowest BCUT2D eigenvalue weighted by Gasteiger charge is -2.20. The molecule has 1 aliphatic carbocycles. The van der Waals surface area contributed by atoms with Crippen LogP contribution in [0, 0.1) is 11.8 Å². The van der Waals surface area contributed by atoms with Gasteiger partial charge in [0.2, 0.25) is 0 Å².